The van der Waals surface area contributed by atoms with Crippen molar-refractivity contribution in [3.05, 3.63) is 35.9 Å². The minimum absolute atomic E-state index is 0. The molecule has 0 spiro atoms. The van der Waals surface area contributed by atoms with Crippen LogP contribution in [0.5, 0.6) is 0 Å². The Hall–Kier alpha value is 1.03. The van der Waals surface area contributed by atoms with Crippen molar-refractivity contribution in [3.8, 4) is 0 Å². The number of hydrogen-bond donors (Lipinski definition) is 0. The molecule has 1 aromatic carbocycles. The third-order valence-electron chi connectivity index (χ3n) is 0.940. The Morgan fingerprint density at radius 2 is 1.62 bits per heavy atom. The molecule has 0 heterocycles. The third kappa shape index (κ3) is 3.13. The first-order chi connectivity index (χ1) is 3.39. The molecule has 1 rings (SSSR count). The second-order valence-corrected chi connectivity index (χ2v) is 1.65. The van der Waals surface area contributed by atoms with Gasteiger partial charge in [-0.1, -0.05) is 35.9 Å². The van der Waals surface area contributed by atoms with Crippen molar-refractivity contribution in [2.45, 2.75) is 6.92 Å². The number of rotatable bonds is 0. The Morgan fingerprint density at radius 1 is 1.12 bits per heavy atom. The van der Waals surface area contributed by atoms with E-state index in [1.54, 1.807) is 0 Å². The van der Waals surface area contributed by atoms with E-state index in [0.29, 0.717) is 0 Å². The van der Waals surface area contributed by atoms with E-state index in [1.165, 1.54) is 5.56 Å². The van der Waals surface area contributed by atoms with Crippen molar-refractivity contribution in [3.63, 3.8) is 0 Å². The van der Waals surface area contributed by atoms with Gasteiger partial charge in [-0.3, -0.25) is 0 Å². The average molecular weight is 179 g/mol. The molecule has 8 heavy (non-hydrogen) atoms. The van der Waals surface area contributed by atoms with Crippen molar-refractivity contribution >= 4 is 0 Å². The molecule has 0 saturated heterocycles. The zero-order chi connectivity index (χ0) is 5.11. The summed E-state index contributed by atoms with van der Waals surface area (Å²) < 4.78 is 0. The van der Waals surface area contributed by atoms with Gasteiger partial charge in [0.1, 0.15) is 0 Å². The molecule has 0 atom stereocenters. The Balaban J connectivity index is 0. The zero-order valence-electron chi connectivity index (χ0n) is 6.39. The summed E-state index contributed by atoms with van der Waals surface area (Å²) in [5.74, 6) is 0. The summed E-state index contributed by atoms with van der Waals surface area (Å²) in [6.07, 6.45) is 0. The van der Waals surface area contributed by atoms with Gasteiger partial charge in [-0.05, 0) is 6.92 Å². The summed E-state index contributed by atoms with van der Waals surface area (Å²) in [6, 6.07) is 10.3. The summed E-state index contributed by atoms with van der Waals surface area (Å²) in [5, 5.41) is 0. The summed E-state index contributed by atoms with van der Waals surface area (Å²) in [7, 11) is 0. The van der Waals surface area contributed by atoms with Crippen molar-refractivity contribution in [1.82, 2.24) is 0 Å². The standard InChI is InChI=1S/C7H8.Rb.H/c1-7-5-3-2-4-6-7;;/h2-6H,1H3;;/q;+1;-1. The van der Waals surface area contributed by atoms with E-state index in [1.807, 2.05) is 18.2 Å². The molecule has 0 nitrogen and oxygen atoms in total. The van der Waals surface area contributed by atoms with Gasteiger partial charge in [-0.25, -0.2) is 0 Å². The molecule has 38 valence electrons. The molecule has 0 fully saturated rings. The van der Waals surface area contributed by atoms with Gasteiger partial charge in [0.15, 0.2) is 0 Å². The fourth-order valence-electron chi connectivity index (χ4n) is 0.534. The topological polar surface area (TPSA) is 0 Å². The maximum Gasteiger partial charge on any atom is 1.00 e. The van der Waals surface area contributed by atoms with Gasteiger partial charge in [-0.15, -0.1) is 0 Å². The quantitative estimate of drug-likeness (QED) is 0.484. The van der Waals surface area contributed by atoms with Crippen LogP contribution in [0.3, 0.4) is 0 Å². The Kier molecular flexibility index (Phi) is 5.49. The van der Waals surface area contributed by atoms with Gasteiger partial charge in [0.2, 0.25) is 0 Å². The summed E-state index contributed by atoms with van der Waals surface area (Å²) in [5.41, 5.74) is 1.32. The van der Waals surface area contributed by atoms with Gasteiger partial charge in [0.05, 0.1) is 0 Å². The normalized spacial score (nSPS) is 7.62. The van der Waals surface area contributed by atoms with E-state index in [4.69, 9.17) is 0 Å². The minimum atomic E-state index is 0. The molecule has 1 aromatic rings. The van der Waals surface area contributed by atoms with Crippen LogP contribution < -0.4 is 58.2 Å². The molecule has 0 aromatic heterocycles. The fraction of sp³-hybridized carbons (Fsp3) is 0.143. The van der Waals surface area contributed by atoms with Crippen LogP contribution >= 0.6 is 0 Å². The molecule has 0 saturated carbocycles. The van der Waals surface area contributed by atoms with E-state index < -0.39 is 0 Å². The van der Waals surface area contributed by atoms with Crippen LogP contribution in [0.4, 0.5) is 0 Å². The average Bonchev–Trinajstić information content (AvgIpc) is 1.69. The first-order valence-corrected chi connectivity index (χ1v) is 2.41. The first-order valence-electron chi connectivity index (χ1n) is 2.41. The SMILES string of the molecule is Cc1ccccc1.[H-].[Rb+]. The second kappa shape index (κ2) is 4.86. The van der Waals surface area contributed by atoms with Gasteiger partial charge in [0.25, 0.3) is 0 Å². The smallest absolute Gasteiger partial charge is 1.00 e. The summed E-state index contributed by atoms with van der Waals surface area (Å²) in [6.45, 7) is 2.08. The van der Waals surface area contributed by atoms with E-state index in [-0.39, 0.29) is 59.6 Å². The molecule has 0 aliphatic carbocycles. The fourth-order valence-corrected chi connectivity index (χ4v) is 0.534. The van der Waals surface area contributed by atoms with Crippen molar-refractivity contribution in [1.29, 1.82) is 0 Å². The predicted octanol–water partition coefficient (Wildman–Crippen LogP) is -0.888. The van der Waals surface area contributed by atoms with Crippen LogP contribution in [0.1, 0.15) is 6.99 Å². The van der Waals surface area contributed by atoms with Crippen LogP contribution in [-0.2, 0) is 0 Å². The molecular weight excluding hydrogens is 170 g/mol. The van der Waals surface area contributed by atoms with E-state index in [2.05, 4.69) is 19.1 Å². The minimum Gasteiger partial charge on any atom is -1.00 e. The molecule has 0 amide bonds. The van der Waals surface area contributed by atoms with Gasteiger partial charge in [0, 0.05) is 0 Å². The largest absolute Gasteiger partial charge is 1.00 e. The second-order valence-electron chi connectivity index (χ2n) is 1.65. The van der Waals surface area contributed by atoms with Crippen LogP contribution in [0.2, 0.25) is 0 Å². The Labute approximate surface area is 101 Å². The zero-order valence-corrected chi connectivity index (χ0v) is 10.3. The molecule has 0 unspecified atom stereocenters. The van der Waals surface area contributed by atoms with Crippen LogP contribution in [0.15, 0.2) is 30.3 Å². The van der Waals surface area contributed by atoms with Gasteiger partial charge in [-0.2, -0.15) is 0 Å². The van der Waals surface area contributed by atoms with Crippen LogP contribution in [0.25, 0.3) is 0 Å². The Bertz CT molecular complexity index is 139. The molecule has 1 heteroatoms. The van der Waals surface area contributed by atoms with Crippen molar-refractivity contribution in [2.75, 3.05) is 0 Å². The molecule has 0 N–H and O–H groups in total. The summed E-state index contributed by atoms with van der Waals surface area (Å²) >= 11 is 0. The Morgan fingerprint density at radius 3 is 1.88 bits per heavy atom. The van der Waals surface area contributed by atoms with Crippen molar-refractivity contribution < 1.29 is 59.6 Å². The molecular formula is C7H9Rb. The van der Waals surface area contributed by atoms with Gasteiger partial charge < -0.3 is 1.43 Å². The molecule has 0 radical (unpaired) electrons. The number of hydrogen-bond acceptors (Lipinski definition) is 0. The first kappa shape index (κ1) is 9.03. The predicted molar refractivity (Wildman–Crippen MR) is 32.3 cm³/mol. The monoisotopic (exact) mass is 178 g/mol. The van der Waals surface area contributed by atoms with E-state index >= 15 is 0 Å². The molecule has 0 aliphatic heterocycles. The third-order valence-corrected chi connectivity index (χ3v) is 0.940. The van der Waals surface area contributed by atoms with E-state index in [9.17, 15) is 0 Å². The van der Waals surface area contributed by atoms with Crippen LogP contribution in [-0.4, -0.2) is 0 Å². The van der Waals surface area contributed by atoms with E-state index in [0.717, 1.165) is 0 Å². The number of benzene rings is 1. The number of aryl methyl sites for hydroxylation is 1. The molecule has 0 aliphatic rings. The van der Waals surface area contributed by atoms with Crippen LogP contribution in [0, 0.1) is 6.92 Å². The molecule has 0 bridgehead atoms. The van der Waals surface area contributed by atoms with Gasteiger partial charge >= 0.3 is 58.2 Å². The maximum atomic E-state index is 2.08. The maximum absolute atomic E-state index is 2.08. The van der Waals surface area contributed by atoms with Crippen molar-refractivity contribution in [2.24, 2.45) is 0 Å². The summed E-state index contributed by atoms with van der Waals surface area (Å²) in [4.78, 5) is 0.